The first-order chi connectivity index (χ1) is 14.1. The number of unbranched alkanes of at least 4 members (excludes halogenated alkanes) is 1. The van der Waals surface area contributed by atoms with Crippen LogP contribution in [0.5, 0.6) is 0 Å². The zero-order chi connectivity index (χ0) is 20.9. The maximum atomic E-state index is 11.3. The van der Waals surface area contributed by atoms with E-state index < -0.39 is 11.2 Å². The third kappa shape index (κ3) is 4.44. The molecular formula is C22H22KN2O5+. The van der Waals surface area contributed by atoms with Crippen LogP contribution < -0.4 is 55.9 Å². The van der Waals surface area contributed by atoms with Gasteiger partial charge in [0.2, 0.25) is 0 Å². The maximum Gasteiger partial charge on any atom is 1.00 e. The van der Waals surface area contributed by atoms with Gasteiger partial charge in [0, 0.05) is 23.3 Å². The zero-order valence-electron chi connectivity index (χ0n) is 17.0. The molecule has 1 N–H and O–H groups in total. The van der Waals surface area contributed by atoms with E-state index in [9.17, 15) is 10.1 Å². The molecule has 2 aliphatic heterocycles. The molecule has 2 heterocycles. The molecule has 2 aromatic carbocycles. The van der Waals surface area contributed by atoms with Crippen LogP contribution in [0.2, 0.25) is 0 Å². The molecule has 0 saturated heterocycles. The third-order valence-electron chi connectivity index (χ3n) is 5.10. The summed E-state index contributed by atoms with van der Waals surface area (Å²) in [6.07, 6.45) is 7.61. The number of hydrogen-bond acceptors (Lipinski definition) is 4. The number of nitrogens with zero attached hydrogens (tertiary/aromatic N) is 2. The Bertz CT molecular complexity index is 928. The number of benzene rings is 2. The van der Waals surface area contributed by atoms with Crippen LogP contribution in [0.1, 0.15) is 19.8 Å². The minimum Gasteiger partial charge on any atom is -0.483 e. The molecule has 0 saturated carbocycles. The van der Waals surface area contributed by atoms with Gasteiger partial charge in [-0.1, -0.05) is 43.7 Å². The first kappa shape index (κ1) is 24.5. The number of rotatable bonds is 5. The number of quaternary nitrogens is 1. The SMILES string of the molecule is CCCC[N+]1(C2[C-]=CC=C([N+](=O)[O-])O2)c2ccccc2-c2ccccc21.O=CO.[K+]. The molecule has 0 fully saturated rings. The fourth-order valence-electron chi connectivity index (χ4n) is 3.96. The van der Waals surface area contributed by atoms with Crippen LogP contribution in [-0.4, -0.2) is 29.3 Å². The molecule has 150 valence electrons. The van der Waals surface area contributed by atoms with Crippen LogP contribution in [0.15, 0.2) is 66.6 Å². The van der Waals surface area contributed by atoms with Crippen LogP contribution in [-0.2, 0) is 9.53 Å². The van der Waals surface area contributed by atoms with Crippen molar-refractivity contribution in [2.45, 2.75) is 26.0 Å². The Morgan fingerprint density at radius 1 is 1.17 bits per heavy atom. The number of ether oxygens (including phenoxy) is 1. The quantitative estimate of drug-likeness (QED) is 0.193. The van der Waals surface area contributed by atoms with Crippen molar-refractivity contribution in [3.8, 4) is 11.1 Å². The molecule has 0 bridgehead atoms. The van der Waals surface area contributed by atoms with E-state index in [0.29, 0.717) is 4.48 Å². The number of carboxylic acid groups (broad SMARTS) is 1. The van der Waals surface area contributed by atoms with Crippen LogP contribution in [0.4, 0.5) is 11.4 Å². The Morgan fingerprint density at radius 2 is 1.70 bits per heavy atom. The minimum atomic E-state index is -0.586. The fourth-order valence-corrected chi connectivity index (χ4v) is 3.96. The topological polar surface area (TPSA) is 89.7 Å². The van der Waals surface area contributed by atoms with Gasteiger partial charge in [-0.15, -0.1) is 0 Å². The standard InChI is InChI=1S/C21H20N2O3.CH2O2.K/c1-2-3-15-23(21-14-8-13-20(26-21)22(24)25)18-11-6-4-9-16(18)17-10-5-7-12-19(17)23;2-1-3;/h4-13,21H,2-3,15H2,1H3;1H,(H,2,3);/q;;+1. The number of hydrogen-bond donors (Lipinski definition) is 1. The van der Waals surface area contributed by atoms with Crippen LogP contribution in [0, 0.1) is 16.2 Å². The maximum absolute atomic E-state index is 11.3. The average Bonchev–Trinajstić information content (AvgIpc) is 3.04. The van der Waals surface area contributed by atoms with E-state index >= 15 is 0 Å². The first-order valence-electron chi connectivity index (χ1n) is 9.36. The van der Waals surface area contributed by atoms with Crippen molar-refractivity contribution in [3.63, 3.8) is 0 Å². The van der Waals surface area contributed by atoms with Gasteiger partial charge in [0.1, 0.15) is 11.4 Å². The summed E-state index contributed by atoms with van der Waals surface area (Å²) >= 11 is 0. The first-order valence-corrected chi connectivity index (χ1v) is 9.36. The van der Waals surface area contributed by atoms with Crippen molar-refractivity contribution in [1.29, 1.82) is 0 Å². The molecule has 7 nitrogen and oxygen atoms in total. The molecule has 30 heavy (non-hydrogen) atoms. The normalized spacial score (nSPS) is 17.1. The summed E-state index contributed by atoms with van der Waals surface area (Å²) in [7, 11) is 0. The van der Waals surface area contributed by atoms with Gasteiger partial charge in [0.15, 0.2) is 6.23 Å². The molecule has 2 aromatic rings. The Labute approximate surface area is 217 Å². The summed E-state index contributed by atoms with van der Waals surface area (Å²) in [4.78, 5) is 19.2. The summed E-state index contributed by atoms with van der Waals surface area (Å²) in [5.74, 6) is -0.232. The second-order valence-corrected chi connectivity index (χ2v) is 6.65. The van der Waals surface area contributed by atoms with Crippen molar-refractivity contribution in [1.82, 2.24) is 4.48 Å². The number of para-hydroxylation sites is 2. The van der Waals surface area contributed by atoms with Crippen molar-refractivity contribution in [2.75, 3.05) is 6.54 Å². The molecule has 2 aliphatic rings. The van der Waals surface area contributed by atoms with Gasteiger partial charge in [-0.2, -0.15) is 6.08 Å². The molecule has 8 heteroatoms. The van der Waals surface area contributed by atoms with Crippen LogP contribution in [0.25, 0.3) is 11.1 Å². The number of fused-ring (bicyclic) bond motifs is 3. The number of carbonyl (C=O) groups is 1. The number of nitro groups is 1. The van der Waals surface area contributed by atoms with Crippen molar-refractivity contribution in [2.24, 2.45) is 0 Å². The summed E-state index contributed by atoms with van der Waals surface area (Å²) in [6, 6.07) is 16.5. The Morgan fingerprint density at radius 3 is 2.20 bits per heavy atom. The predicted molar refractivity (Wildman–Crippen MR) is 110 cm³/mol. The van der Waals surface area contributed by atoms with E-state index in [-0.39, 0.29) is 63.7 Å². The fraction of sp³-hybridized carbons (Fsp3) is 0.227. The summed E-state index contributed by atoms with van der Waals surface area (Å²) in [6.45, 7) is 2.69. The van der Waals surface area contributed by atoms with Gasteiger partial charge in [0.25, 0.3) is 6.47 Å². The van der Waals surface area contributed by atoms with Crippen molar-refractivity contribution >= 4 is 17.8 Å². The molecule has 0 amide bonds. The van der Waals surface area contributed by atoms with E-state index in [1.165, 1.54) is 6.08 Å². The van der Waals surface area contributed by atoms with Crippen LogP contribution >= 0.6 is 0 Å². The van der Waals surface area contributed by atoms with Gasteiger partial charge in [-0.05, 0) is 18.6 Å². The Hall–Kier alpha value is -1.81. The summed E-state index contributed by atoms with van der Waals surface area (Å²) in [5, 5.41) is 18.2. The second kappa shape index (κ2) is 11.0. The largest absolute Gasteiger partial charge is 1.00 e. The molecule has 0 radical (unpaired) electrons. The zero-order valence-corrected chi connectivity index (χ0v) is 20.1. The molecule has 1 atom stereocenters. The van der Waals surface area contributed by atoms with E-state index in [1.807, 2.05) is 24.3 Å². The second-order valence-electron chi connectivity index (χ2n) is 6.65. The molecule has 4 rings (SSSR count). The van der Waals surface area contributed by atoms with E-state index in [0.717, 1.165) is 41.9 Å². The average molecular weight is 434 g/mol. The summed E-state index contributed by atoms with van der Waals surface area (Å²) in [5.41, 5.74) is 4.53. The monoisotopic (exact) mass is 433 g/mol. The number of allylic oxidation sites excluding steroid dienone is 2. The van der Waals surface area contributed by atoms with E-state index in [2.05, 4.69) is 37.3 Å². The predicted octanol–water partition coefficient (Wildman–Crippen LogP) is 1.64. The summed E-state index contributed by atoms with van der Waals surface area (Å²) < 4.78 is 6.24. The Kier molecular flexibility index (Phi) is 8.96. The van der Waals surface area contributed by atoms with Gasteiger partial charge in [-0.25, -0.2) is 10.6 Å². The third-order valence-corrected chi connectivity index (χ3v) is 5.10. The molecule has 0 spiro atoms. The van der Waals surface area contributed by atoms with Gasteiger partial charge >= 0.3 is 57.3 Å². The van der Waals surface area contributed by atoms with Crippen molar-refractivity contribution < 1.29 is 70.9 Å². The van der Waals surface area contributed by atoms with E-state index in [4.69, 9.17) is 14.6 Å². The molecular weight excluding hydrogens is 411 g/mol. The smallest absolute Gasteiger partial charge is 0.483 e. The van der Waals surface area contributed by atoms with Gasteiger partial charge in [-0.3, -0.25) is 14.9 Å². The van der Waals surface area contributed by atoms with Crippen molar-refractivity contribution in [3.05, 3.63) is 82.8 Å². The molecule has 0 aliphatic carbocycles. The van der Waals surface area contributed by atoms with Gasteiger partial charge in [0.05, 0.1) is 11.5 Å². The molecule has 0 aromatic heterocycles. The van der Waals surface area contributed by atoms with Gasteiger partial charge < -0.3 is 9.84 Å². The molecule has 1 unspecified atom stereocenters. The minimum absolute atomic E-state index is 0. The van der Waals surface area contributed by atoms with E-state index in [1.54, 1.807) is 6.08 Å². The Balaban J connectivity index is 0.000000757. The van der Waals surface area contributed by atoms with Crippen LogP contribution in [0.3, 0.4) is 0 Å².